The van der Waals surface area contributed by atoms with Crippen LogP contribution in [-0.2, 0) is 4.79 Å². The fraction of sp³-hybridized carbons (Fsp3) is 0.846. The summed E-state index contributed by atoms with van der Waals surface area (Å²) in [7, 11) is 2.02. The zero-order valence-electron chi connectivity index (χ0n) is 12.3. The molecule has 0 unspecified atom stereocenters. The Morgan fingerprint density at radius 2 is 2.16 bits per heavy atom. The summed E-state index contributed by atoms with van der Waals surface area (Å²) in [5, 5.41) is 14.8. The monoisotopic (exact) mass is 270 g/mol. The van der Waals surface area contributed by atoms with Crippen molar-refractivity contribution >= 4 is 11.7 Å². The Hall–Kier alpha value is -1.30. The number of carbonyl (C=O) groups excluding carboxylic acids is 1. The van der Waals surface area contributed by atoms with E-state index in [-0.39, 0.29) is 11.7 Å². The predicted octanol–water partition coefficient (Wildman–Crippen LogP) is 0.606. The zero-order valence-corrected chi connectivity index (χ0v) is 12.3. The molecule has 1 rings (SSSR count). The highest BCUT2D eigenvalue weighted by molar-refractivity contribution is 6.07. The molecule has 0 aromatic rings. The number of carbonyl (C=O) groups is 1. The molecule has 0 bridgehead atoms. The highest BCUT2D eigenvalue weighted by atomic mass is 16.4. The van der Waals surface area contributed by atoms with Gasteiger partial charge in [0.25, 0.3) is 0 Å². The van der Waals surface area contributed by atoms with Gasteiger partial charge in [-0.2, -0.15) is 0 Å². The minimum atomic E-state index is -0.801. The van der Waals surface area contributed by atoms with Crippen molar-refractivity contribution in [3.63, 3.8) is 0 Å². The summed E-state index contributed by atoms with van der Waals surface area (Å²) in [4.78, 5) is 14.4. The van der Waals surface area contributed by atoms with Crippen LogP contribution in [0.3, 0.4) is 0 Å². The van der Waals surface area contributed by atoms with Crippen LogP contribution in [0.1, 0.15) is 33.6 Å². The first kappa shape index (κ1) is 15.8. The third-order valence-corrected chi connectivity index (χ3v) is 4.06. The van der Waals surface area contributed by atoms with E-state index in [4.69, 9.17) is 10.9 Å². The number of rotatable bonds is 6. The van der Waals surface area contributed by atoms with Gasteiger partial charge in [-0.25, -0.2) is 0 Å². The first-order valence-corrected chi connectivity index (χ1v) is 6.80. The smallest absolute Gasteiger partial charge is 0.234 e. The standard InChI is InChI=1S/C13H26N4O2/c1-9(2)17(4)6-5-15-12(18)13(11(14)16-19)7-10(3)8-13/h9-10,19H,5-8H2,1-4H3,(H2,14,16)(H,15,18). The first-order chi connectivity index (χ1) is 8.83. The van der Waals surface area contributed by atoms with Gasteiger partial charge in [-0.05, 0) is 39.7 Å². The molecular weight excluding hydrogens is 244 g/mol. The third-order valence-electron chi connectivity index (χ3n) is 4.06. The average molecular weight is 270 g/mol. The molecule has 0 atom stereocenters. The molecule has 1 amide bonds. The van der Waals surface area contributed by atoms with Crippen molar-refractivity contribution < 1.29 is 10.0 Å². The maximum Gasteiger partial charge on any atom is 0.234 e. The number of nitrogens with two attached hydrogens (primary N) is 1. The lowest BCUT2D eigenvalue weighted by atomic mass is 9.61. The van der Waals surface area contributed by atoms with E-state index >= 15 is 0 Å². The van der Waals surface area contributed by atoms with Gasteiger partial charge in [0.2, 0.25) is 5.91 Å². The van der Waals surface area contributed by atoms with Crippen LogP contribution in [0.25, 0.3) is 0 Å². The summed E-state index contributed by atoms with van der Waals surface area (Å²) in [5.41, 5.74) is 4.88. The molecule has 0 aromatic heterocycles. The number of amidine groups is 1. The lowest BCUT2D eigenvalue weighted by Gasteiger charge is -2.43. The second-order valence-electron chi connectivity index (χ2n) is 5.91. The third kappa shape index (κ3) is 3.37. The van der Waals surface area contributed by atoms with Crippen LogP contribution in [0, 0.1) is 11.3 Å². The lowest BCUT2D eigenvalue weighted by molar-refractivity contribution is -0.133. The number of hydrogen-bond acceptors (Lipinski definition) is 4. The predicted molar refractivity (Wildman–Crippen MR) is 75.0 cm³/mol. The fourth-order valence-electron chi connectivity index (χ4n) is 2.51. The molecule has 4 N–H and O–H groups in total. The Morgan fingerprint density at radius 1 is 1.58 bits per heavy atom. The Kier molecular flexibility index (Phi) is 5.17. The van der Waals surface area contributed by atoms with Crippen molar-refractivity contribution in [1.29, 1.82) is 0 Å². The van der Waals surface area contributed by atoms with Crippen LogP contribution in [0.5, 0.6) is 0 Å². The van der Waals surface area contributed by atoms with E-state index in [2.05, 4.69) is 36.1 Å². The second-order valence-corrected chi connectivity index (χ2v) is 5.91. The molecule has 0 aromatic carbocycles. The summed E-state index contributed by atoms with van der Waals surface area (Å²) in [5.74, 6) is 0.336. The van der Waals surface area contributed by atoms with Crippen molar-refractivity contribution in [2.24, 2.45) is 22.2 Å². The number of oxime groups is 1. The van der Waals surface area contributed by atoms with E-state index in [0.717, 1.165) is 6.54 Å². The van der Waals surface area contributed by atoms with E-state index in [1.807, 2.05) is 7.05 Å². The van der Waals surface area contributed by atoms with Gasteiger partial charge in [0.1, 0.15) is 5.41 Å². The van der Waals surface area contributed by atoms with Crippen LogP contribution in [-0.4, -0.2) is 48.0 Å². The normalized spacial score (nSPS) is 27.5. The molecule has 0 aliphatic heterocycles. The fourth-order valence-corrected chi connectivity index (χ4v) is 2.51. The van der Waals surface area contributed by atoms with Gasteiger partial charge in [0, 0.05) is 19.1 Å². The van der Waals surface area contributed by atoms with Gasteiger partial charge in [-0.3, -0.25) is 4.79 Å². The highest BCUT2D eigenvalue weighted by Crippen LogP contribution is 2.45. The van der Waals surface area contributed by atoms with E-state index in [9.17, 15) is 4.79 Å². The van der Waals surface area contributed by atoms with Crippen LogP contribution in [0.15, 0.2) is 5.16 Å². The molecule has 6 nitrogen and oxygen atoms in total. The molecule has 1 aliphatic rings. The lowest BCUT2D eigenvalue weighted by Crippen LogP contribution is -2.57. The number of hydrogen-bond donors (Lipinski definition) is 3. The summed E-state index contributed by atoms with van der Waals surface area (Å²) in [6.45, 7) is 7.62. The molecule has 1 saturated carbocycles. The molecule has 0 heterocycles. The molecule has 110 valence electrons. The van der Waals surface area contributed by atoms with E-state index in [1.165, 1.54) is 0 Å². The molecule has 6 heteroatoms. The maximum atomic E-state index is 12.2. The average Bonchev–Trinajstić information content (AvgIpc) is 2.33. The molecular formula is C13H26N4O2. The van der Waals surface area contributed by atoms with Gasteiger partial charge in [0.05, 0.1) is 0 Å². The minimum absolute atomic E-state index is 0.0281. The van der Waals surface area contributed by atoms with Crippen molar-refractivity contribution in [3.05, 3.63) is 0 Å². The van der Waals surface area contributed by atoms with Gasteiger partial charge in [-0.15, -0.1) is 0 Å². The number of likely N-dealkylation sites (N-methyl/N-ethyl adjacent to an activating group) is 1. The van der Waals surface area contributed by atoms with Crippen LogP contribution < -0.4 is 11.1 Å². The Morgan fingerprint density at radius 3 is 2.58 bits per heavy atom. The van der Waals surface area contributed by atoms with Crippen LogP contribution in [0.4, 0.5) is 0 Å². The molecule has 0 radical (unpaired) electrons. The van der Waals surface area contributed by atoms with Gasteiger partial charge in [-0.1, -0.05) is 12.1 Å². The van der Waals surface area contributed by atoms with Crippen LogP contribution >= 0.6 is 0 Å². The largest absolute Gasteiger partial charge is 0.409 e. The van der Waals surface area contributed by atoms with Gasteiger partial charge < -0.3 is 21.2 Å². The van der Waals surface area contributed by atoms with Crippen molar-refractivity contribution in [2.75, 3.05) is 20.1 Å². The van der Waals surface area contributed by atoms with Crippen LogP contribution in [0.2, 0.25) is 0 Å². The maximum absolute atomic E-state index is 12.2. The van der Waals surface area contributed by atoms with Crippen molar-refractivity contribution in [1.82, 2.24) is 10.2 Å². The quantitative estimate of drug-likeness (QED) is 0.285. The number of nitrogens with zero attached hydrogens (tertiary/aromatic N) is 2. The Bertz CT molecular complexity index is 349. The van der Waals surface area contributed by atoms with E-state index in [0.29, 0.717) is 31.3 Å². The summed E-state index contributed by atoms with van der Waals surface area (Å²) in [6.07, 6.45) is 1.30. The topological polar surface area (TPSA) is 91.0 Å². The molecule has 19 heavy (non-hydrogen) atoms. The molecule has 1 aliphatic carbocycles. The van der Waals surface area contributed by atoms with Crippen molar-refractivity contribution in [3.8, 4) is 0 Å². The first-order valence-electron chi connectivity index (χ1n) is 6.80. The molecule has 0 spiro atoms. The summed E-state index contributed by atoms with van der Waals surface area (Å²) in [6, 6.07) is 0.443. The Balaban J connectivity index is 2.52. The SMILES string of the molecule is CC1CC(C(=O)NCCN(C)C(C)C)(C(N)=NO)C1. The van der Waals surface area contributed by atoms with E-state index < -0.39 is 5.41 Å². The molecule has 1 fully saturated rings. The minimum Gasteiger partial charge on any atom is -0.409 e. The van der Waals surface area contributed by atoms with E-state index in [1.54, 1.807) is 0 Å². The number of amides is 1. The van der Waals surface area contributed by atoms with Gasteiger partial charge >= 0.3 is 0 Å². The van der Waals surface area contributed by atoms with Crippen molar-refractivity contribution in [2.45, 2.75) is 39.7 Å². The summed E-state index contributed by atoms with van der Waals surface area (Å²) < 4.78 is 0. The van der Waals surface area contributed by atoms with Gasteiger partial charge in [0.15, 0.2) is 5.84 Å². The zero-order chi connectivity index (χ0) is 14.6. The number of nitrogens with one attached hydrogen (secondary N) is 1. The Labute approximate surface area is 115 Å². The highest BCUT2D eigenvalue weighted by Gasteiger charge is 2.51. The summed E-state index contributed by atoms with van der Waals surface area (Å²) >= 11 is 0. The molecule has 0 saturated heterocycles. The second kappa shape index (κ2) is 6.23.